The van der Waals surface area contributed by atoms with Crippen molar-refractivity contribution in [1.29, 1.82) is 0 Å². The first-order valence-corrected chi connectivity index (χ1v) is 41.6. The first kappa shape index (κ1) is 103. The smallest absolute Gasteiger partial charge is 0.418 e. The summed E-state index contributed by atoms with van der Waals surface area (Å²) in [4.78, 5) is 71.4. The van der Waals surface area contributed by atoms with Crippen molar-refractivity contribution in [3.63, 3.8) is 0 Å². The van der Waals surface area contributed by atoms with Crippen LogP contribution in [0.2, 0.25) is 5.02 Å². The molecule has 696 valence electrons. The Morgan fingerprint density at radius 3 is 1.18 bits per heavy atom. The zero-order valence-electron chi connectivity index (χ0n) is 77.8. The minimum absolute atomic E-state index is 0.00944. The van der Waals surface area contributed by atoms with E-state index in [1.54, 1.807) is 147 Å². The highest BCUT2D eigenvalue weighted by Crippen LogP contribution is 2.40. The van der Waals surface area contributed by atoms with Gasteiger partial charge in [-0.15, -0.1) is 0 Å². The number of nitrogens with zero attached hydrogens (tertiary/aromatic N) is 6. The number of fused-ring (bicyclic) bond motifs is 6. The van der Waals surface area contributed by atoms with Crippen molar-refractivity contribution < 1.29 is 121 Å². The number of ether oxygens (including phenoxy) is 12. The van der Waals surface area contributed by atoms with E-state index in [4.69, 9.17) is 63.7 Å². The van der Waals surface area contributed by atoms with Gasteiger partial charge in [0.15, 0.2) is 69.5 Å². The molecule has 6 heterocycles. The molecular weight excluding hydrogens is 1700 g/mol. The lowest BCUT2D eigenvalue weighted by Crippen LogP contribution is -2.23. The Morgan fingerprint density at radius 1 is 0.352 bits per heavy atom. The average Bonchev–Trinajstić information content (AvgIpc) is 1.61. The quantitative estimate of drug-likeness (QED) is 0.0815. The minimum Gasteiger partial charge on any atom is -0.488 e. The number of carbonyl (C=O) groups is 6. The van der Waals surface area contributed by atoms with Crippen molar-refractivity contribution >= 4 is 114 Å². The summed E-state index contributed by atoms with van der Waals surface area (Å²) in [6, 6.07) is 21.6. The summed E-state index contributed by atoms with van der Waals surface area (Å²) in [6.07, 6.45) is 1.85. The van der Waals surface area contributed by atoms with Gasteiger partial charge in [0.2, 0.25) is 0 Å². The van der Waals surface area contributed by atoms with Gasteiger partial charge in [-0.3, -0.25) is 4.57 Å². The molecule has 24 nitrogen and oxygen atoms in total. The van der Waals surface area contributed by atoms with Gasteiger partial charge in [0, 0.05) is 98.8 Å². The molecule has 0 bridgehead atoms. The number of hydrogen-bond donors (Lipinski definition) is 0. The number of rotatable bonds is 12. The highest BCUT2D eigenvalue weighted by atomic mass is 35.5. The molecule has 0 spiro atoms. The van der Waals surface area contributed by atoms with Crippen LogP contribution in [0.4, 0.5) is 63.9 Å². The first-order chi connectivity index (χ1) is 59.1. The van der Waals surface area contributed by atoms with Crippen molar-refractivity contribution in [2.24, 2.45) is 0 Å². The molecule has 0 fully saturated rings. The molecule has 0 N–H and O–H groups in total. The second-order valence-corrected chi connectivity index (χ2v) is 36.5. The number of methoxy groups -OCH3 is 1. The molecule has 0 amide bonds. The van der Waals surface area contributed by atoms with Crippen LogP contribution in [-0.4, -0.2) is 136 Å². The zero-order valence-corrected chi connectivity index (χ0v) is 78.5. The van der Waals surface area contributed by atoms with Crippen molar-refractivity contribution in [3.8, 4) is 34.5 Å². The van der Waals surface area contributed by atoms with Gasteiger partial charge in [-0.1, -0.05) is 18.5 Å². The van der Waals surface area contributed by atoms with Gasteiger partial charge in [0.25, 0.3) is 0 Å². The predicted molar refractivity (Wildman–Crippen MR) is 476 cm³/mol. The fourth-order valence-corrected chi connectivity index (χ4v) is 12.7. The molecule has 0 radical (unpaired) electrons. The van der Waals surface area contributed by atoms with Crippen LogP contribution >= 0.6 is 11.6 Å². The molecule has 0 aliphatic rings. The molecule has 0 saturated carbocycles. The summed E-state index contributed by atoms with van der Waals surface area (Å²) < 4.78 is 185. The topological polar surface area (TPSA) is 243 Å². The molecular formula is C95H115ClF8N6O18. The van der Waals surface area contributed by atoms with E-state index in [-0.39, 0.29) is 91.7 Å². The summed E-state index contributed by atoms with van der Waals surface area (Å²) >= 11 is 6.38. The van der Waals surface area contributed by atoms with Crippen molar-refractivity contribution in [1.82, 2.24) is 27.4 Å². The van der Waals surface area contributed by atoms with Gasteiger partial charge < -0.3 is 56.8 Å². The van der Waals surface area contributed by atoms with E-state index in [1.807, 2.05) is 95.2 Å². The highest BCUT2D eigenvalue weighted by molar-refractivity contribution is 6.37. The van der Waals surface area contributed by atoms with E-state index in [2.05, 4.69) is 4.74 Å². The molecule has 0 saturated heterocycles. The van der Waals surface area contributed by atoms with Crippen LogP contribution in [0.3, 0.4) is 0 Å². The van der Waals surface area contributed by atoms with Crippen LogP contribution < -0.4 is 28.4 Å². The van der Waals surface area contributed by atoms with E-state index >= 15 is 0 Å². The van der Waals surface area contributed by atoms with Gasteiger partial charge in [0.1, 0.15) is 45.1 Å². The number of benzene rings is 6. The van der Waals surface area contributed by atoms with Crippen molar-refractivity contribution in [2.45, 2.75) is 252 Å². The van der Waals surface area contributed by atoms with Gasteiger partial charge in [-0.25, -0.2) is 86.7 Å². The molecule has 33 heteroatoms. The minimum atomic E-state index is -0.789. The molecule has 6 aromatic carbocycles. The molecule has 128 heavy (non-hydrogen) atoms. The summed E-state index contributed by atoms with van der Waals surface area (Å²) in [6.45, 7) is 50.6. The van der Waals surface area contributed by atoms with Crippen LogP contribution in [0.15, 0.2) is 116 Å². The normalized spacial score (nSPS) is 11.9. The first-order valence-electron chi connectivity index (χ1n) is 41.2. The molecule has 0 aliphatic heterocycles. The van der Waals surface area contributed by atoms with Gasteiger partial charge in [-0.2, -0.15) is 0 Å². The Hall–Kier alpha value is -12.1. The van der Waals surface area contributed by atoms with Gasteiger partial charge in [0.05, 0.1) is 76.8 Å². The predicted octanol–water partition coefficient (Wildman–Crippen LogP) is 26.5. The Kier molecular flexibility index (Phi) is 33.3. The van der Waals surface area contributed by atoms with E-state index < -0.39 is 111 Å². The van der Waals surface area contributed by atoms with Gasteiger partial charge in [-0.05, 0) is 254 Å². The maximum atomic E-state index is 14.6. The fourth-order valence-electron chi connectivity index (χ4n) is 12.4. The second-order valence-electron chi connectivity index (χ2n) is 36.1. The Balaban J connectivity index is 0.000000210. The van der Waals surface area contributed by atoms with Crippen LogP contribution in [0.25, 0.3) is 65.4 Å². The lowest BCUT2D eigenvalue weighted by molar-refractivity contribution is 0.117. The lowest BCUT2D eigenvalue weighted by atomic mass is 10.1. The Morgan fingerprint density at radius 2 is 0.734 bits per heavy atom. The van der Waals surface area contributed by atoms with E-state index in [0.717, 1.165) is 49.1 Å². The molecule has 12 aromatic rings. The highest BCUT2D eigenvalue weighted by Gasteiger charge is 2.30. The van der Waals surface area contributed by atoms with Crippen LogP contribution in [0.1, 0.15) is 198 Å². The average molecular weight is 1820 g/mol. The number of aryl methyl sites for hydroxylation is 2. The summed E-state index contributed by atoms with van der Waals surface area (Å²) in [5, 5.41) is 2.53. The van der Waals surface area contributed by atoms with Crippen LogP contribution in [-0.2, 0) is 28.4 Å². The number of halogens is 9. The monoisotopic (exact) mass is 1810 g/mol. The third-order valence-electron chi connectivity index (χ3n) is 16.8. The maximum Gasteiger partial charge on any atom is 0.418 e. The molecule has 0 unspecified atom stereocenters. The summed E-state index contributed by atoms with van der Waals surface area (Å²) in [5.74, 6) is -4.71. The third-order valence-corrected chi connectivity index (χ3v) is 17.2. The van der Waals surface area contributed by atoms with Gasteiger partial charge >= 0.3 is 36.6 Å². The standard InChI is InChI=1S/C17H22FNO3.C16H20ClNO3.2C16H19F2NO3.C16H20FNO3.C14H15F2NO3/c1-6-7-21-16(20)19-11(2)8-12-9-15(22-17(3,4)5)13(18)10-14(12)19;1-10(2)20-15(19)18-9-8-11-12(18)6-7-13(14(11)17)21-16(3,4)5;1-9(2)21-15(20)19-7-6-10-13(18)12(22-16(3,4)5)8-11(17)14(10)19;1-6-21-15(20)19-9(2)7-10-13(18)12(22-16(3,4)5)8-11(17)14(10)19;1-10(2)20-15(19)18-7-6-11-8-12(21-16(3,4)5)9-13(17)14(11)18;1-14(2,3)20-10-7-9(15)12-8(11(10)16)5-6-17(12)13(18)19-4/h8-10H,6-7H2,1-5H3;6-10H,1-5H3;6-9H,1-5H3;7-8H,6H2,1-5H3;6-10H,1-5H3;5-7H,1-4H3. The Bertz CT molecular complexity index is 6030. The number of carbonyl (C=O) groups excluding carboxylic acids is 6. The van der Waals surface area contributed by atoms with Crippen LogP contribution in [0.5, 0.6) is 34.5 Å². The van der Waals surface area contributed by atoms with E-state index in [9.17, 15) is 63.9 Å². The Labute approximate surface area is 743 Å². The largest absolute Gasteiger partial charge is 0.488 e. The summed E-state index contributed by atoms with van der Waals surface area (Å²) in [5.41, 5.74) is -1.25. The SMILES string of the molecule is CC(C)OC(=O)n1ccc2c(Cl)c(OC(C)(C)C)ccc21.CC(C)OC(=O)n1ccc2c(F)c(OC(C)(C)C)cc(F)c21.CC(C)OC(=O)n1ccc2cc(OC(C)(C)C)cc(F)c21.CCCOC(=O)n1c(C)cc2cc(OC(C)(C)C)c(F)cc21.CCOC(=O)n1c(C)cc2c(F)c(OC(C)(C)C)cc(F)c21.COC(=O)n1ccc2c(F)c(OC(C)(C)C)cc(F)c21. The fraction of sp³-hybridized carbons (Fsp3) is 0.432. The molecule has 12 rings (SSSR count). The van der Waals surface area contributed by atoms with Crippen LogP contribution in [0, 0.1) is 60.4 Å². The molecule has 6 aromatic heterocycles. The van der Waals surface area contributed by atoms with E-state index in [1.165, 1.54) is 69.7 Å². The maximum absolute atomic E-state index is 14.6. The lowest BCUT2D eigenvalue weighted by Gasteiger charge is -2.22. The summed E-state index contributed by atoms with van der Waals surface area (Å²) in [7, 11) is 1.17. The number of hydrogen-bond acceptors (Lipinski definition) is 18. The zero-order chi connectivity index (χ0) is 96.4. The second kappa shape index (κ2) is 41.3. The number of aromatic nitrogens is 6. The third kappa shape index (κ3) is 27.0. The molecule has 0 atom stereocenters. The van der Waals surface area contributed by atoms with E-state index in [0.29, 0.717) is 50.9 Å². The van der Waals surface area contributed by atoms with Crippen molar-refractivity contribution in [2.75, 3.05) is 20.3 Å². The molecule has 0 aliphatic carbocycles. The van der Waals surface area contributed by atoms with Crippen molar-refractivity contribution in [3.05, 3.63) is 179 Å².